The van der Waals surface area contributed by atoms with Crippen molar-refractivity contribution >= 4 is 5.96 Å². The SMILES string of the molecule is NC(=NCc1coc(-c2ccccc2)n1)NCCc1ccccn1. The van der Waals surface area contributed by atoms with Crippen LogP contribution in [0.1, 0.15) is 11.4 Å². The lowest BCUT2D eigenvalue weighted by molar-refractivity contribution is 0.572. The lowest BCUT2D eigenvalue weighted by Crippen LogP contribution is -2.33. The minimum Gasteiger partial charge on any atom is -0.444 e. The van der Waals surface area contributed by atoms with Gasteiger partial charge in [0.2, 0.25) is 5.89 Å². The van der Waals surface area contributed by atoms with Crippen molar-refractivity contribution in [1.82, 2.24) is 15.3 Å². The summed E-state index contributed by atoms with van der Waals surface area (Å²) in [4.78, 5) is 12.9. The third-order valence-electron chi connectivity index (χ3n) is 3.40. The Balaban J connectivity index is 1.49. The lowest BCUT2D eigenvalue weighted by atomic mass is 10.2. The molecule has 0 saturated carbocycles. The van der Waals surface area contributed by atoms with Crippen molar-refractivity contribution in [2.24, 2.45) is 10.7 Å². The number of aromatic nitrogens is 2. The third kappa shape index (κ3) is 4.42. The molecular formula is C18H19N5O. The quantitative estimate of drug-likeness (QED) is 0.537. The van der Waals surface area contributed by atoms with E-state index in [-0.39, 0.29) is 0 Å². The molecule has 24 heavy (non-hydrogen) atoms. The number of pyridine rings is 1. The van der Waals surface area contributed by atoms with E-state index >= 15 is 0 Å². The van der Waals surface area contributed by atoms with E-state index in [1.54, 1.807) is 12.5 Å². The minimum absolute atomic E-state index is 0.374. The molecule has 0 bridgehead atoms. The fourth-order valence-corrected chi connectivity index (χ4v) is 2.18. The summed E-state index contributed by atoms with van der Waals surface area (Å²) in [5.41, 5.74) is 8.56. The first-order valence-corrected chi connectivity index (χ1v) is 7.75. The van der Waals surface area contributed by atoms with Crippen LogP contribution in [-0.2, 0) is 13.0 Å². The topological polar surface area (TPSA) is 89.3 Å². The van der Waals surface area contributed by atoms with Crippen molar-refractivity contribution in [3.8, 4) is 11.5 Å². The zero-order valence-electron chi connectivity index (χ0n) is 13.2. The molecule has 3 aromatic rings. The molecule has 0 spiro atoms. The molecule has 0 aliphatic rings. The number of oxazole rings is 1. The molecular weight excluding hydrogens is 302 g/mol. The van der Waals surface area contributed by atoms with Crippen LogP contribution in [0.15, 0.2) is 70.4 Å². The summed E-state index contributed by atoms with van der Waals surface area (Å²) in [6.07, 6.45) is 4.17. The molecule has 6 nitrogen and oxygen atoms in total. The van der Waals surface area contributed by atoms with Crippen LogP contribution >= 0.6 is 0 Å². The fourth-order valence-electron chi connectivity index (χ4n) is 2.18. The van der Waals surface area contributed by atoms with Crippen molar-refractivity contribution in [2.45, 2.75) is 13.0 Å². The maximum Gasteiger partial charge on any atom is 0.226 e. The number of hydrogen-bond donors (Lipinski definition) is 2. The molecule has 0 unspecified atom stereocenters. The van der Waals surface area contributed by atoms with Crippen molar-refractivity contribution in [3.63, 3.8) is 0 Å². The standard InChI is InChI=1S/C18H19N5O/c19-18(21-11-9-15-8-4-5-10-20-15)22-12-16-13-24-17(23-16)14-6-2-1-3-7-14/h1-8,10,13H,9,11-12H2,(H3,19,21,22). The van der Waals surface area contributed by atoms with Gasteiger partial charge in [-0.1, -0.05) is 24.3 Å². The van der Waals surface area contributed by atoms with Gasteiger partial charge in [0.05, 0.1) is 6.54 Å². The van der Waals surface area contributed by atoms with Crippen LogP contribution in [0.25, 0.3) is 11.5 Å². The van der Waals surface area contributed by atoms with Gasteiger partial charge >= 0.3 is 0 Å². The molecule has 122 valence electrons. The van der Waals surface area contributed by atoms with E-state index in [4.69, 9.17) is 10.2 Å². The van der Waals surface area contributed by atoms with Crippen molar-refractivity contribution in [1.29, 1.82) is 0 Å². The Hall–Kier alpha value is -3.15. The van der Waals surface area contributed by atoms with E-state index in [1.165, 1.54) is 0 Å². The molecule has 0 atom stereocenters. The summed E-state index contributed by atoms with van der Waals surface area (Å²) in [6.45, 7) is 1.05. The molecule has 3 N–H and O–H groups in total. The smallest absolute Gasteiger partial charge is 0.226 e. The molecule has 0 radical (unpaired) electrons. The Morgan fingerprint density at radius 3 is 2.71 bits per heavy atom. The predicted octanol–water partition coefficient (Wildman–Crippen LogP) is 2.38. The first-order chi connectivity index (χ1) is 11.8. The second-order valence-corrected chi connectivity index (χ2v) is 5.21. The van der Waals surface area contributed by atoms with Gasteiger partial charge in [-0.05, 0) is 24.3 Å². The summed E-state index contributed by atoms with van der Waals surface area (Å²) in [5, 5.41) is 3.07. The molecule has 2 heterocycles. The monoisotopic (exact) mass is 321 g/mol. The number of nitrogens with one attached hydrogen (secondary N) is 1. The van der Waals surface area contributed by atoms with Crippen LogP contribution < -0.4 is 11.1 Å². The molecule has 3 rings (SSSR count). The summed E-state index contributed by atoms with van der Waals surface area (Å²) >= 11 is 0. The van der Waals surface area contributed by atoms with Gasteiger partial charge < -0.3 is 15.5 Å². The van der Waals surface area contributed by atoms with Crippen LogP contribution in [0.2, 0.25) is 0 Å². The Morgan fingerprint density at radius 2 is 1.92 bits per heavy atom. The molecule has 0 fully saturated rings. The second kappa shape index (κ2) is 7.92. The number of benzene rings is 1. The first kappa shape index (κ1) is 15.7. The van der Waals surface area contributed by atoms with E-state index in [2.05, 4.69) is 20.3 Å². The highest BCUT2D eigenvalue weighted by Gasteiger charge is 2.05. The second-order valence-electron chi connectivity index (χ2n) is 5.21. The predicted molar refractivity (Wildman–Crippen MR) is 93.2 cm³/mol. The molecule has 0 saturated heterocycles. The van der Waals surface area contributed by atoms with Crippen LogP contribution in [0, 0.1) is 0 Å². The first-order valence-electron chi connectivity index (χ1n) is 7.75. The number of guanidine groups is 1. The van der Waals surface area contributed by atoms with E-state index in [0.29, 0.717) is 24.9 Å². The molecule has 0 aliphatic heterocycles. The lowest BCUT2D eigenvalue weighted by Gasteiger charge is -2.04. The van der Waals surface area contributed by atoms with Gasteiger partial charge in [-0.3, -0.25) is 4.98 Å². The Labute approximate surface area is 140 Å². The highest BCUT2D eigenvalue weighted by atomic mass is 16.3. The largest absolute Gasteiger partial charge is 0.444 e. The van der Waals surface area contributed by atoms with E-state index in [1.807, 2.05) is 48.5 Å². The normalized spacial score (nSPS) is 11.4. The summed E-state index contributed by atoms with van der Waals surface area (Å²) in [6, 6.07) is 15.6. The van der Waals surface area contributed by atoms with Crippen molar-refractivity contribution < 1.29 is 4.42 Å². The molecule has 2 aromatic heterocycles. The highest BCUT2D eigenvalue weighted by molar-refractivity contribution is 5.77. The number of rotatable bonds is 6. The van der Waals surface area contributed by atoms with E-state index < -0.39 is 0 Å². The van der Waals surface area contributed by atoms with Gasteiger partial charge in [-0.2, -0.15) is 0 Å². The number of aliphatic imine (C=N–C) groups is 1. The molecule has 0 aliphatic carbocycles. The van der Waals surface area contributed by atoms with Gasteiger partial charge in [-0.25, -0.2) is 9.98 Å². The summed E-state index contributed by atoms with van der Waals surface area (Å²) < 4.78 is 5.47. The number of hydrogen-bond acceptors (Lipinski definition) is 4. The van der Waals surface area contributed by atoms with E-state index in [0.717, 1.165) is 23.4 Å². The van der Waals surface area contributed by atoms with E-state index in [9.17, 15) is 0 Å². The Kier molecular flexibility index (Phi) is 5.19. The average Bonchev–Trinajstić information content (AvgIpc) is 3.11. The molecule has 6 heteroatoms. The van der Waals surface area contributed by atoms with Gasteiger partial charge in [0.15, 0.2) is 5.96 Å². The molecule has 0 amide bonds. The highest BCUT2D eigenvalue weighted by Crippen LogP contribution is 2.18. The van der Waals surface area contributed by atoms with Crippen molar-refractivity contribution in [3.05, 3.63) is 72.4 Å². The van der Waals surface area contributed by atoms with Crippen LogP contribution in [0.3, 0.4) is 0 Å². The Morgan fingerprint density at radius 1 is 1.08 bits per heavy atom. The van der Waals surface area contributed by atoms with Crippen LogP contribution in [0.4, 0.5) is 0 Å². The molecule has 1 aromatic carbocycles. The zero-order valence-corrected chi connectivity index (χ0v) is 13.2. The summed E-state index contributed by atoms with van der Waals surface area (Å²) in [5.74, 6) is 0.970. The van der Waals surface area contributed by atoms with Gasteiger partial charge in [-0.15, -0.1) is 0 Å². The number of nitrogens with zero attached hydrogens (tertiary/aromatic N) is 3. The van der Waals surface area contributed by atoms with Crippen molar-refractivity contribution in [2.75, 3.05) is 6.54 Å². The maximum atomic E-state index is 5.86. The van der Waals surface area contributed by atoms with Gasteiger partial charge in [0.25, 0.3) is 0 Å². The van der Waals surface area contributed by atoms with Crippen LogP contribution in [0.5, 0.6) is 0 Å². The maximum absolute atomic E-state index is 5.86. The van der Waals surface area contributed by atoms with Crippen LogP contribution in [-0.4, -0.2) is 22.5 Å². The minimum atomic E-state index is 0.374. The van der Waals surface area contributed by atoms with Gasteiger partial charge in [0, 0.05) is 30.4 Å². The average molecular weight is 321 g/mol. The summed E-state index contributed by atoms with van der Waals surface area (Å²) in [7, 11) is 0. The zero-order chi connectivity index (χ0) is 16.6. The fraction of sp³-hybridized carbons (Fsp3) is 0.167. The third-order valence-corrected chi connectivity index (χ3v) is 3.40. The van der Waals surface area contributed by atoms with Gasteiger partial charge in [0.1, 0.15) is 12.0 Å². The Bertz CT molecular complexity index is 783. The number of nitrogens with two attached hydrogens (primary N) is 1.